The number of rotatable bonds is 30. The molecule has 5 rings (SSSR count). The first kappa shape index (κ1) is 45.0. The van der Waals surface area contributed by atoms with Crippen molar-refractivity contribution in [1.29, 1.82) is 0 Å². The highest BCUT2D eigenvalue weighted by atomic mass is 16.6. The first-order valence-corrected chi connectivity index (χ1v) is 20.4. The van der Waals surface area contributed by atoms with E-state index in [0.29, 0.717) is 130 Å². The molecule has 0 bridgehead atoms. The topological polar surface area (TPSA) is 92.3 Å². The summed E-state index contributed by atoms with van der Waals surface area (Å²) < 4.78 is 57.6. The fourth-order valence-electron chi connectivity index (χ4n) is 5.98. The lowest BCUT2D eigenvalue weighted by Gasteiger charge is -2.21. The summed E-state index contributed by atoms with van der Waals surface area (Å²) in [5.74, 6) is 1.36. The average molecular weight is 799 g/mol. The van der Waals surface area contributed by atoms with Gasteiger partial charge in [-0.3, -0.25) is 0 Å². The number of benzene rings is 5. The Morgan fingerprint density at radius 1 is 0.328 bits per heavy atom. The van der Waals surface area contributed by atoms with E-state index in [2.05, 4.69) is 93.6 Å². The summed E-state index contributed by atoms with van der Waals surface area (Å²) in [4.78, 5) is 0. The summed E-state index contributed by atoms with van der Waals surface area (Å²) >= 11 is 0. The molecule has 58 heavy (non-hydrogen) atoms. The molecule has 0 spiro atoms. The zero-order valence-corrected chi connectivity index (χ0v) is 34.6. The second kappa shape index (κ2) is 26.1. The molecule has 0 aliphatic carbocycles. The molecule has 5 aromatic rings. The molecule has 10 heteroatoms. The Hall–Kier alpha value is -4.10. The van der Waals surface area contributed by atoms with Gasteiger partial charge in [0.25, 0.3) is 0 Å². The van der Waals surface area contributed by atoms with Gasteiger partial charge in [-0.05, 0) is 67.9 Å². The molecule has 0 unspecified atom stereocenters. The quantitative estimate of drug-likeness (QED) is 0.0421. The van der Waals surface area contributed by atoms with Crippen LogP contribution in [0.3, 0.4) is 0 Å². The normalized spacial score (nSPS) is 11.8. The van der Waals surface area contributed by atoms with Crippen LogP contribution in [0.5, 0.6) is 11.5 Å². The van der Waals surface area contributed by atoms with Crippen LogP contribution < -0.4 is 9.47 Å². The standard InChI is InChI=1S/C48H62O10/c1-48(2,3)45-16-17-46(57-32-30-53-24-22-49-18-20-51-26-28-55-37-39-12-14-41-8-4-6-10-43(41)34-39)47(36-45)58-33-31-54-25-23-50-19-21-52-27-29-56-38-40-13-15-42-9-5-7-11-44(42)35-40/h4-17,34-36H,18-33,37-38H2,1-3H3. The fraction of sp³-hybridized carbons (Fsp3) is 0.458. The maximum Gasteiger partial charge on any atom is 0.161 e. The Labute approximate surface area is 344 Å². The minimum absolute atomic E-state index is 0.0283. The molecule has 0 N–H and O–H groups in total. The van der Waals surface area contributed by atoms with Gasteiger partial charge in [0.1, 0.15) is 13.2 Å². The van der Waals surface area contributed by atoms with E-state index in [1.165, 1.54) is 21.5 Å². The van der Waals surface area contributed by atoms with Gasteiger partial charge < -0.3 is 47.4 Å². The van der Waals surface area contributed by atoms with Gasteiger partial charge in [0.2, 0.25) is 0 Å². The minimum atomic E-state index is -0.0283. The number of hydrogen-bond donors (Lipinski definition) is 0. The van der Waals surface area contributed by atoms with E-state index in [0.717, 1.165) is 16.7 Å². The van der Waals surface area contributed by atoms with Crippen molar-refractivity contribution in [2.75, 3.05) is 106 Å². The van der Waals surface area contributed by atoms with Crippen LogP contribution in [0, 0.1) is 0 Å². The van der Waals surface area contributed by atoms with Gasteiger partial charge in [0.15, 0.2) is 11.5 Å². The molecule has 0 atom stereocenters. The molecule has 0 aliphatic rings. The van der Waals surface area contributed by atoms with Gasteiger partial charge in [0.05, 0.1) is 106 Å². The molecule has 10 nitrogen and oxygen atoms in total. The van der Waals surface area contributed by atoms with Gasteiger partial charge in [-0.2, -0.15) is 0 Å². The third-order valence-electron chi connectivity index (χ3n) is 9.18. The second-order valence-corrected chi connectivity index (χ2v) is 14.8. The third-order valence-corrected chi connectivity index (χ3v) is 9.18. The fourth-order valence-corrected chi connectivity index (χ4v) is 5.98. The first-order valence-electron chi connectivity index (χ1n) is 20.4. The number of fused-ring (bicyclic) bond motifs is 2. The number of hydrogen-bond acceptors (Lipinski definition) is 10. The summed E-state index contributed by atoms with van der Waals surface area (Å²) in [7, 11) is 0. The van der Waals surface area contributed by atoms with Crippen LogP contribution in [0.2, 0.25) is 0 Å². The Morgan fingerprint density at radius 3 is 1.10 bits per heavy atom. The van der Waals surface area contributed by atoms with E-state index in [1.807, 2.05) is 30.3 Å². The maximum atomic E-state index is 6.11. The van der Waals surface area contributed by atoms with Crippen LogP contribution >= 0.6 is 0 Å². The van der Waals surface area contributed by atoms with Crippen LogP contribution in [0.1, 0.15) is 37.5 Å². The summed E-state index contributed by atoms with van der Waals surface area (Å²) in [6, 6.07) is 35.5. The second-order valence-electron chi connectivity index (χ2n) is 14.8. The minimum Gasteiger partial charge on any atom is -0.487 e. The highest BCUT2D eigenvalue weighted by Crippen LogP contribution is 2.33. The summed E-state index contributed by atoms with van der Waals surface area (Å²) in [6.07, 6.45) is 0. The molecule has 5 aromatic carbocycles. The lowest BCUT2D eigenvalue weighted by Crippen LogP contribution is -2.16. The first-order chi connectivity index (χ1) is 28.5. The lowest BCUT2D eigenvalue weighted by molar-refractivity contribution is -0.00735. The SMILES string of the molecule is CC(C)(C)c1ccc(OCCOCCOCCOCCOCc2ccc3ccccc3c2)c(OCCOCCOCCOCCOCc2ccc3ccccc3c2)c1. The predicted molar refractivity (Wildman–Crippen MR) is 228 cm³/mol. The van der Waals surface area contributed by atoms with Crippen LogP contribution in [-0.2, 0) is 56.5 Å². The van der Waals surface area contributed by atoms with Crippen molar-refractivity contribution in [2.45, 2.75) is 39.4 Å². The monoisotopic (exact) mass is 798 g/mol. The largest absolute Gasteiger partial charge is 0.487 e. The molecule has 0 aromatic heterocycles. The van der Waals surface area contributed by atoms with E-state index in [9.17, 15) is 0 Å². The smallest absolute Gasteiger partial charge is 0.161 e. The van der Waals surface area contributed by atoms with Gasteiger partial charge in [-0.25, -0.2) is 0 Å². The van der Waals surface area contributed by atoms with Crippen molar-refractivity contribution in [2.24, 2.45) is 0 Å². The number of ether oxygens (including phenoxy) is 10. The van der Waals surface area contributed by atoms with Crippen molar-refractivity contribution in [3.05, 3.63) is 120 Å². The molecule has 0 aliphatic heterocycles. The Bertz CT molecular complexity index is 1870. The molecular formula is C48H62O10. The van der Waals surface area contributed by atoms with Crippen LogP contribution in [0.15, 0.2) is 103 Å². The van der Waals surface area contributed by atoms with Crippen LogP contribution in [0.4, 0.5) is 0 Å². The van der Waals surface area contributed by atoms with Crippen molar-refractivity contribution < 1.29 is 47.4 Å². The highest BCUT2D eigenvalue weighted by molar-refractivity contribution is 5.83. The third kappa shape index (κ3) is 17.0. The predicted octanol–water partition coefficient (Wildman–Crippen LogP) is 8.58. The van der Waals surface area contributed by atoms with Crippen molar-refractivity contribution in [1.82, 2.24) is 0 Å². The van der Waals surface area contributed by atoms with Gasteiger partial charge in [0, 0.05) is 0 Å². The van der Waals surface area contributed by atoms with Gasteiger partial charge in [-0.1, -0.05) is 99.6 Å². The molecule has 0 radical (unpaired) electrons. The summed E-state index contributed by atoms with van der Waals surface area (Å²) in [6.45, 7) is 15.4. The Morgan fingerprint density at radius 2 is 0.690 bits per heavy atom. The van der Waals surface area contributed by atoms with E-state index < -0.39 is 0 Å². The van der Waals surface area contributed by atoms with Crippen LogP contribution in [-0.4, -0.2) is 106 Å². The molecule has 314 valence electrons. The van der Waals surface area contributed by atoms with Gasteiger partial charge >= 0.3 is 0 Å². The van der Waals surface area contributed by atoms with Crippen molar-refractivity contribution >= 4 is 21.5 Å². The Kier molecular flexibility index (Phi) is 20.2. The average Bonchev–Trinajstić information content (AvgIpc) is 3.23. The summed E-state index contributed by atoms with van der Waals surface area (Å²) in [5, 5.41) is 4.91. The van der Waals surface area contributed by atoms with Crippen LogP contribution in [0.25, 0.3) is 21.5 Å². The molecule has 0 fully saturated rings. The van der Waals surface area contributed by atoms with E-state index >= 15 is 0 Å². The van der Waals surface area contributed by atoms with E-state index in [-0.39, 0.29) is 5.41 Å². The Balaban J connectivity index is 0.824. The van der Waals surface area contributed by atoms with Crippen molar-refractivity contribution in [3.8, 4) is 11.5 Å². The molecule has 0 saturated heterocycles. The zero-order valence-electron chi connectivity index (χ0n) is 34.6. The molecular weight excluding hydrogens is 737 g/mol. The van der Waals surface area contributed by atoms with E-state index in [1.54, 1.807) is 0 Å². The molecule has 0 saturated carbocycles. The molecule has 0 amide bonds. The zero-order chi connectivity index (χ0) is 40.5. The highest BCUT2D eigenvalue weighted by Gasteiger charge is 2.17. The van der Waals surface area contributed by atoms with Crippen molar-refractivity contribution in [3.63, 3.8) is 0 Å². The lowest BCUT2D eigenvalue weighted by atomic mass is 9.87. The maximum absolute atomic E-state index is 6.11. The summed E-state index contributed by atoms with van der Waals surface area (Å²) in [5.41, 5.74) is 3.45. The van der Waals surface area contributed by atoms with Gasteiger partial charge in [-0.15, -0.1) is 0 Å². The molecule has 0 heterocycles. The van der Waals surface area contributed by atoms with E-state index in [4.69, 9.17) is 47.4 Å².